The Labute approximate surface area is 167 Å². The normalized spacial score (nSPS) is 15.4. The van der Waals surface area contributed by atoms with E-state index in [-0.39, 0.29) is 18.1 Å². The minimum atomic E-state index is -0.415. The van der Waals surface area contributed by atoms with Crippen LogP contribution in [0.3, 0.4) is 0 Å². The number of urea groups is 1. The summed E-state index contributed by atoms with van der Waals surface area (Å²) in [5.41, 5.74) is 3.98. The van der Waals surface area contributed by atoms with E-state index in [2.05, 4.69) is 5.32 Å². The summed E-state index contributed by atoms with van der Waals surface area (Å²) in [5.74, 6) is -0.338. The topological polar surface area (TPSA) is 54.3 Å². The van der Waals surface area contributed by atoms with Crippen LogP contribution >= 0.6 is 11.6 Å². The summed E-state index contributed by atoms with van der Waals surface area (Å²) >= 11 is 5.96. The van der Waals surface area contributed by atoms with Gasteiger partial charge in [-0.1, -0.05) is 41.4 Å². The van der Waals surface area contributed by atoms with Gasteiger partial charge in [0.2, 0.25) is 0 Å². The fourth-order valence-corrected chi connectivity index (χ4v) is 3.21. The van der Waals surface area contributed by atoms with Gasteiger partial charge in [-0.05, 0) is 55.0 Å². The lowest BCUT2D eigenvalue weighted by Gasteiger charge is -2.12. The van der Waals surface area contributed by atoms with Crippen molar-refractivity contribution in [3.05, 3.63) is 94.4 Å². The van der Waals surface area contributed by atoms with Crippen LogP contribution in [0.2, 0.25) is 5.02 Å². The second-order valence-corrected chi connectivity index (χ2v) is 7.08. The van der Waals surface area contributed by atoms with Crippen LogP contribution in [-0.2, 0) is 11.3 Å². The van der Waals surface area contributed by atoms with E-state index >= 15 is 0 Å². The maximum absolute atomic E-state index is 12.8. The molecule has 1 aromatic heterocycles. The summed E-state index contributed by atoms with van der Waals surface area (Å²) in [6.45, 7) is 2.23. The molecule has 1 saturated heterocycles. The van der Waals surface area contributed by atoms with Gasteiger partial charge in [-0.3, -0.25) is 9.69 Å². The van der Waals surface area contributed by atoms with Gasteiger partial charge in [0.05, 0.1) is 6.54 Å². The number of carbonyl (C=O) groups is 2. The van der Waals surface area contributed by atoms with Gasteiger partial charge >= 0.3 is 6.03 Å². The molecule has 0 spiro atoms. The standard InChI is InChI=1S/C22H18ClN3O2/c1-15-4-6-16(7-5-15)14-26-21(27)20(24-22(26)28)13-19-3-2-12-25(19)18-10-8-17(23)9-11-18/h2-13H,14H2,1H3,(H,24,28)/b20-13+. The van der Waals surface area contributed by atoms with Gasteiger partial charge in [0.25, 0.3) is 5.91 Å². The maximum Gasteiger partial charge on any atom is 0.329 e. The maximum atomic E-state index is 12.8. The molecule has 0 atom stereocenters. The van der Waals surface area contributed by atoms with Crippen LogP contribution in [0, 0.1) is 6.92 Å². The smallest absolute Gasteiger partial charge is 0.317 e. The number of aromatic nitrogens is 1. The molecule has 1 N–H and O–H groups in total. The first-order valence-electron chi connectivity index (χ1n) is 8.85. The van der Waals surface area contributed by atoms with Gasteiger partial charge in [0, 0.05) is 22.6 Å². The van der Waals surface area contributed by atoms with Crippen LogP contribution in [0.5, 0.6) is 0 Å². The Balaban J connectivity index is 1.59. The average molecular weight is 392 g/mol. The number of amides is 3. The second kappa shape index (κ2) is 7.37. The molecule has 0 bridgehead atoms. The van der Waals surface area contributed by atoms with Crippen LogP contribution in [-0.4, -0.2) is 21.4 Å². The Kier molecular flexibility index (Phi) is 4.75. The van der Waals surface area contributed by atoms with Gasteiger partial charge in [0.1, 0.15) is 5.70 Å². The third-order valence-corrected chi connectivity index (χ3v) is 4.85. The Hall–Kier alpha value is -3.31. The molecule has 0 radical (unpaired) electrons. The van der Waals surface area contributed by atoms with Gasteiger partial charge in [-0.2, -0.15) is 0 Å². The van der Waals surface area contributed by atoms with Crippen molar-refractivity contribution in [1.82, 2.24) is 14.8 Å². The molecule has 1 aliphatic rings. The Morgan fingerprint density at radius 1 is 1.00 bits per heavy atom. The van der Waals surface area contributed by atoms with Crippen molar-refractivity contribution in [2.24, 2.45) is 0 Å². The lowest BCUT2D eigenvalue weighted by atomic mass is 10.1. The zero-order valence-corrected chi connectivity index (χ0v) is 16.0. The molecular weight excluding hydrogens is 374 g/mol. The molecule has 3 amide bonds. The van der Waals surface area contributed by atoms with Gasteiger partial charge in [-0.25, -0.2) is 4.79 Å². The Morgan fingerprint density at radius 2 is 1.71 bits per heavy atom. The lowest BCUT2D eigenvalue weighted by molar-refractivity contribution is -0.123. The molecular formula is C22H18ClN3O2. The molecule has 1 aliphatic heterocycles. The molecule has 4 rings (SSSR count). The molecule has 5 nitrogen and oxygen atoms in total. The van der Waals surface area contributed by atoms with Crippen LogP contribution in [0.25, 0.3) is 11.8 Å². The van der Waals surface area contributed by atoms with Crippen molar-refractivity contribution < 1.29 is 9.59 Å². The molecule has 1 fully saturated rings. The first-order valence-corrected chi connectivity index (χ1v) is 9.22. The number of nitrogens with one attached hydrogen (secondary N) is 1. The van der Waals surface area contributed by atoms with Crippen LogP contribution in [0.15, 0.2) is 72.6 Å². The molecule has 6 heteroatoms. The average Bonchev–Trinajstić information content (AvgIpc) is 3.24. The zero-order chi connectivity index (χ0) is 19.7. The monoisotopic (exact) mass is 391 g/mol. The van der Waals surface area contributed by atoms with E-state index < -0.39 is 6.03 Å². The Bertz CT molecular complexity index is 1070. The molecule has 2 aromatic carbocycles. The first-order chi connectivity index (χ1) is 13.5. The number of benzene rings is 2. The zero-order valence-electron chi connectivity index (χ0n) is 15.2. The first kappa shape index (κ1) is 18.1. The van der Waals surface area contributed by atoms with Crippen molar-refractivity contribution >= 4 is 29.6 Å². The number of nitrogens with zero attached hydrogens (tertiary/aromatic N) is 2. The van der Waals surface area contributed by atoms with Crippen molar-refractivity contribution in [2.75, 3.05) is 0 Å². The van der Waals surface area contributed by atoms with Crippen LogP contribution < -0.4 is 5.32 Å². The number of imide groups is 1. The summed E-state index contributed by atoms with van der Waals surface area (Å²) in [6, 6.07) is 18.5. The van der Waals surface area contributed by atoms with E-state index in [0.717, 1.165) is 22.5 Å². The van der Waals surface area contributed by atoms with E-state index in [1.165, 1.54) is 4.90 Å². The predicted octanol–water partition coefficient (Wildman–Crippen LogP) is 4.53. The van der Waals surface area contributed by atoms with Crippen molar-refractivity contribution in [2.45, 2.75) is 13.5 Å². The highest BCUT2D eigenvalue weighted by Crippen LogP contribution is 2.21. The number of aryl methyl sites for hydroxylation is 1. The molecule has 140 valence electrons. The number of halogens is 1. The number of rotatable bonds is 4. The molecule has 2 heterocycles. The van der Waals surface area contributed by atoms with E-state index in [4.69, 9.17) is 11.6 Å². The largest absolute Gasteiger partial charge is 0.329 e. The van der Waals surface area contributed by atoms with Gasteiger partial charge in [-0.15, -0.1) is 0 Å². The van der Waals surface area contributed by atoms with Gasteiger partial charge in [0.15, 0.2) is 0 Å². The highest BCUT2D eigenvalue weighted by atomic mass is 35.5. The summed E-state index contributed by atoms with van der Waals surface area (Å²) in [6.07, 6.45) is 3.57. The third-order valence-electron chi connectivity index (χ3n) is 4.60. The minimum Gasteiger partial charge on any atom is -0.317 e. The minimum absolute atomic E-state index is 0.237. The van der Waals surface area contributed by atoms with E-state index in [1.54, 1.807) is 18.2 Å². The SMILES string of the molecule is Cc1ccc(CN2C(=O)N/C(=C/c3cccn3-c3ccc(Cl)cc3)C2=O)cc1. The van der Waals surface area contributed by atoms with Gasteiger partial charge < -0.3 is 9.88 Å². The summed E-state index contributed by atoms with van der Waals surface area (Å²) in [4.78, 5) is 26.3. The van der Waals surface area contributed by atoms with E-state index in [0.29, 0.717) is 5.02 Å². The lowest BCUT2D eigenvalue weighted by Crippen LogP contribution is -2.30. The summed E-state index contributed by atoms with van der Waals surface area (Å²) in [5, 5.41) is 3.33. The summed E-state index contributed by atoms with van der Waals surface area (Å²) in [7, 11) is 0. The predicted molar refractivity (Wildman–Crippen MR) is 109 cm³/mol. The molecule has 0 unspecified atom stereocenters. The number of carbonyl (C=O) groups excluding carboxylic acids is 2. The highest BCUT2D eigenvalue weighted by Gasteiger charge is 2.33. The van der Waals surface area contributed by atoms with Crippen LogP contribution in [0.4, 0.5) is 4.79 Å². The fraction of sp³-hybridized carbons (Fsp3) is 0.0909. The number of hydrogen-bond donors (Lipinski definition) is 1. The molecule has 0 aliphatic carbocycles. The third kappa shape index (κ3) is 3.57. The van der Waals surface area contributed by atoms with Crippen molar-refractivity contribution in [3.63, 3.8) is 0 Å². The highest BCUT2D eigenvalue weighted by molar-refractivity contribution is 6.30. The summed E-state index contributed by atoms with van der Waals surface area (Å²) < 4.78 is 1.92. The van der Waals surface area contributed by atoms with Crippen molar-refractivity contribution in [1.29, 1.82) is 0 Å². The second-order valence-electron chi connectivity index (χ2n) is 6.64. The van der Waals surface area contributed by atoms with Crippen LogP contribution in [0.1, 0.15) is 16.8 Å². The molecule has 3 aromatic rings. The molecule has 28 heavy (non-hydrogen) atoms. The van der Waals surface area contributed by atoms with E-state index in [9.17, 15) is 9.59 Å². The number of hydrogen-bond acceptors (Lipinski definition) is 2. The van der Waals surface area contributed by atoms with Crippen molar-refractivity contribution in [3.8, 4) is 5.69 Å². The van der Waals surface area contributed by atoms with E-state index in [1.807, 2.05) is 66.2 Å². The quantitative estimate of drug-likeness (QED) is 0.524. The Morgan fingerprint density at radius 3 is 2.43 bits per heavy atom. The molecule has 0 saturated carbocycles. The fourth-order valence-electron chi connectivity index (χ4n) is 3.09.